The fourth-order valence-electron chi connectivity index (χ4n) is 3.13. The summed E-state index contributed by atoms with van der Waals surface area (Å²) in [6, 6.07) is 12.4. The van der Waals surface area contributed by atoms with E-state index in [9.17, 15) is 9.59 Å². The highest BCUT2D eigenvalue weighted by atomic mass is 35.5. The molecule has 0 spiro atoms. The second-order valence-electron chi connectivity index (χ2n) is 6.50. The minimum absolute atomic E-state index is 0.230. The first-order valence-corrected chi connectivity index (χ1v) is 9.57. The third-order valence-electron chi connectivity index (χ3n) is 4.74. The molecule has 1 saturated heterocycles. The molecule has 0 atom stereocenters. The molecule has 0 aliphatic carbocycles. The van der Waals surface area contributed by atoms with E-state index in [0.717, 1.165) is 5.69 Å². The number of anilines is 1. The van der Waals surface area contributed by atoms with Crippen molar-refractivity contribution >= 4 is 29.2 Å². The first-order chi connectivity index (χ1) is 14.0. The molecule has 1 aliphatic rings. The summed E-state index contributed by atoms with van der Waals surface area (Å²) in [6.07, 6.45) is 0. The van der Waals surface area contributed by atoms with Gasteiger partial charge in [-0.25, -0.2) is 4.79 Å². The summed E-state index contributed by atoms with van der Waals surface area (Å²) in [5.74, 6) is 0.105. The van der Waals surface area contributed by atoms with Gasteiger partial charge in [0.15, 0.2) is 6.61 Å². The smallest absolute Gasteiger partial charge is 0.338 e. The van der Waals surface area contributed by atoms with Crippen LogP contribution in [0.2, 0.25) is 5.02 Å². The number of nitrogens with zero attached hydrogens (tertiary/aromatic N) is 2. The van der Waals surface area contributed by atoms with Crippen LogP contribution in [0.5, 0.6) is 11.5 Å². The summed E-state index contributed by atoms with van der Waals surface area (Å²) in [7, 11) is 2.99. The molecular formula is C21H23ClN2O5. The average Bonchev–Trinajstić information content (AvgIpc) is 2.77. The van der Waals surface area contributed by atoms with Gasteiger partial charge >= 0.3 is 5.97 Å². The van der Waals surface area contributed by atoms with Crippen molar-refractivity contribution in [1.82, 2.24) is 4.90 Å². The standard InChI is InChI=1S/C21H23ClN2O5/c1-27-16-11-15(12-17(13-16)28-2)21(26)29-14-20(25)24-9-7-23(8-10-24)19-6-4-3-5-18(19)22/h3-6,11-13H,7-10,14H2,1-2H3. The van der Waals surface area contributed by atoms with Crippen molar-refractivity contribution in [3.63, 3.8) is 0 Å². The van der Waals surface area contributed by atoms with Crippen molar-refractivity contribution in [3.8, 4) is 11.5 Å². The molecule has 0 bridgehead atoms. The van der Waals surface area contributed by atoms with Crippen molar-refractivity contribution in [3.05, 3.63) is 53.1 Å². The number of para-hydroxylation sites is 1. The number of amides is 1. The highest BCUT2D eigenvalue weighted by molar-refractivity contribution is 6.33. The van der Waals surface area contributed by atoms with E-state index in [2.05, 4.69) is 4.90 Å². The van der Waals surface area contributed by atoms with Crippen LogP contribution < -0.4 is 14.4 Å². The zero-order valence-corrected chi connectivity index (χ0v) is 17.1. The zero-order valence-electron chi connectivity index (χ0n) is 16.4. The number of methoxy groups -OCH3 is 2. The molecule has 1 heterocycles. The van der Waals surface area contributed by atoms with Gasteiger partial charge in [-0.05, 0) is 24.3 Å². The monoisotopic (exact) mass is 418 g/mol. The second kappa shape index (κ2) is 9.52. The van der Waals surface area contributed by atoms with Crippen LogP contribution in [0.15, 0.2) is 42.5 Å². The maximum atomic E-state index is 12.4. The van der Waals surface area contributed by atoms with Crippen LogP contribution in [0.4, 0.5) is 5.69 Å². The lowest BCUT2D eigenvalue weighted by Crippen LogP contribution is -2.50. The van der Waals surface area contributed by atoms with Crippen LogP contribution in [-0.2, 0) is 9.53 Å². The highest BCUT2D eigenvalue weighted by Crippen LogP contribution is 2.26. The average molecular weight is 419 g/mol. The van der Waals surface area contributed by atoms with Crippen LogP contribution in [0, 0.1) is 0 Å². The number of piperazine rings is 1. The van der Waals surface area contributed by atoms with E-state index >= 15 is 0 Å². The molecule has 1 fully saturated rings. The Morgan fingerprint density at radius 2 is 1.59 bits per heavy atom. The fourth-order valence-corrected chi connectivity index (χ4v) is 3.39. The van der Waals surface area contributed by atoms with Gasteiger partial charge in [-0.3, -0.25) is 4.79 Å². The molecule has 7 nitrogen and oxygen atoms in total. The summed E-state index contributed by atoms with van der Waals surface area (Å²) in [4.78, 5) is 28.6. The van der Waals surface area contributed by atoms with Crippen molar-refractivity contribution in [2.24, 2.45) is 0 Å². The van der Waals surface area contributed by atoms with E-state index < -0.39 is 5.97 Å². The fraction of sp³-hybridized carbons (Fsp3) is 0.333. The molecule has 1 amide bonds. The van der Waals surface area contributed by atoms with Crippen molar-refractivity contribution in [2.75, 3.05) is 51.9 Å². The van der Waals surface area contributed by atoms with Crippen LogP contribution in [0.3, 0.4) is 0 Å². The Hall–Kier alpha value is -2.93. The van der Waals surface area contributed by atoms with Crippen molar-refractivity contribution in [1.29, 1.82) is 0 Å². The number of rotatable bonds is 6. The van der Waals surface area contributed by atoms with E-state index in [1.54, 1.807) is 11.0 Å². The number of carbonyl (C=O) groups is 2. The maximum absolute atomic E-state index is 12.4. The summed E-state index contributed by atoms with van der Waals surface area (Å²) < 4.78 is 15.5. The molecule has 3 rings (SSSR count). The van der Waals surface area contributed by atoms with E-state index in [4.69, 9.17) is 25.8 Å². The molecule has 1 aliphatic heterocycles. The molecule has 0 aromatic heterocycles. The third kappa shape index (κ3) is 5.12. The predicted molar refractivity (Wildman–Crippen MR) is 110 cm³/mol. The number of hydrogen-bond acceptors (Lipinski definition) is 6. The van der Waals surface area contributed by atoms with E-state index in [-0.39, 0.29) is 18.1 Å². The molecule has 154 valence electrons. The molecule has 0 saturated carbocycles. The molecule has 0 radical (unpaired) electrons. The third-order valence-corrected chi connectivity index (χ3v) is 5.06. The Balaban J connectivity index is 1.53. The Morgan fingerprint density at radius 1 is 0.966 bits per heavy atom. The lowest BCUT2D eigenvalue weighted by molar-refractivity contribution is -0.134. The van der Waals surface area contributed by atoms with Crippen LogP contribution in [0.1, 0.15) is 10.4 Å². The van der Waals surface area contributed by atoms with Gasteiger partial charge in [-0.15, -0.1) is 0 Å². The minimum atomic E-state index is -0.606. The number of carbonyl (C=O) groups excluding carboxylic acids is 2. The lowest BCUT2D eigenvalue weighted by atomic mass is 10.2. The number of benzene rings is 2. The highest BCUT2D eigenvalue weighted by Gasteiger charge is 2.23. The molecule has 0 unspecified atom stereocenters. The first-order valence-electron chi connectivity index (χ1n) is 9.19. The lowest BCUT2D eigenvalue weighted by Gasteiger charge is -2.36. The minimum Gasteiger partial charge on any atom is -0.497 e. The second-order valence-corrected chi connectivity index (χ2v) is 6.90. The van der Waals surface area contributed by atoms with Crippen LogP contribution in [-0.4, -0.2) is 63.8 Å². The van der Waals surface area contributed by atoms with Gasteiger partial charge in [0.2, 0.25) is 0 Å². The maximum Gasteiger partial charge on any atom is 0.338 e. The first kappa shape index (κ1) is 20.8. The van der Waals surface area contributed by atoms with Gasteiger partial charge in [0.05, 0.1) is 30.5 Å². The van der Waals surface area contributed by atoms with Gasteiger partial charge in [0.25, 0.3) is 5.91 Å². The molecule has 2 aromatic rings. The summed E-state index contributed by atoms with van der Waals surface area (Å²) in [5.41, 5.74) is 1.22. The van der Waals surface area contributed by atoms with E-state index in [0.29, 0.717) is 42.7 Å². The van der Waals surface area contributed by atoms with E-state index in [1.165, 1.54) is 26.4 Å². The predicted octanol–water partition coefficient (Wildman–Crippen LogP) is 2.86. The normalized spacial score (nSPS) is 13.8. The SMILES string of the molecule is COc1cc(OC)cc(C(=O)OCC(=O)N2CCN(c3ccccc3Cl)CC2)c1. The van der Waals surface area contributed by atoms with Crippen LogP contribution in [0.25, 0.3) is 0 Å². The van der Waals surface area contributed by atoms with Gasteiger partial charge in [-0.1, -0.05) is 23.7 Å². The Bertz CT molecular complexity index is 859. The van der Waals surface area contributed by atoms with Gasteiger partial charge in [-0.2, -0.15) is 0 Å². The Kier molecular flexibility index (Phi) is 6.82. The Labute approximate surface area is 174 Å². The van der Waals surface area contributed by atoms with Crippen molar-refractivity contribution < 1.29 is 23.8 Å². The van der Waals surface area contributed by atoms with Gasteiger partial charge in [0, 0.05) is 32.2 Å². The largest absolute Gasteiger partial charge is 0.497 e. The van der Waals surface area contributed by atoms with Gasteiger partial charge < -0.3 is 24.0 Å². The molecule has 0 N–H and O–H groups in total. The number of hydrogen-bond donors (Lipinski definition) is 0. The number of ether oxygens (including phenoxy) is 3. The number of halogens is 1. The summed E-state index contributed by atoms with van der Waals surface area (Å²) >= 11 is 6.24. The molecule has 29 heavy (non-hydrogen) atoms. The quantitative estimate of drug-likeness (QED) is 0.672. The van der Waals surface area contributed by atoms with Crippen LogP contribution >= 0.6 is 11.6 Å². The zero-order chi connectivity index (χ0) is 20.8. The molecule has 2 aromatic carbocycles. The van der Waals surface area contributed by atoms with E-state index in [1.807, 2.05) is 24.3 Å². The number of esters is 1. The summed E-state index contributed by atoms with van der Waals surface area (Å²) in [6.45, 7) is 2.08. The topological polar surface area (TPSA) is 68.3 Å². The van der Waals surface area contributed by atoms with Crippen molar-refractivity contribution in [2.45, 2.75) is 0 Å². The summed E-state index contributed by atoms with van der Waals surface area (Å²) in [5, 5.41) is 0.690. The molecule has 8 heteroatoms. The van der Waals surface area contributed by atoms with Gasteiger partial charge in [0.1, 0.15) is 11.5 Å². The molecular weight excluding hydrogens is 396 g/mol. The Morgan fingerprint density at radius 3 is 2.17 bits per heavy atom.